The summed E-state index contributed by atoms with van der Waals surface area (Å²) >= 11 is 0. The van der Waals surface area contributed by atoms with Gasteiger partial charge in [-0.1, -0.05) is 58.0 Å². The largest absolute Gasteiger partial charge is 0.392 e. The van der Waals surface area contributed by atoms with Crippen LogP contribution in [-0.2, 0) is 11.3 Å². The third kappa shape index (κ3) is 9.91. The third-order valence-electron chi connectivity index (χ3n) is 5.37. The number of rotatable bonds is 13. The van der Waals surface area contributed by atoms with Crippen molar-refractivity contribution in [3.63, 3.8) is 0 Å². The summed E-state index contributed by atoms with van der Waals surface area (Å²) < 4.78 is 5.66. The Morgan fingerprint density at radius 1 is 0.889 bits per heavy atom. The first-order chi connectivity index (χ1) is 12.8. The second-order valence-corrected chi connectivity index (χ2v) is 8.37. The zero-order valence-corrected chi connectivity index (χ0v) is 17.3. The number of hydrogen-bond donors (Lipinski definition) is 2. The van der Waals surface area contributed by atoms with Crippen LogP contribution in [0.5, 0.6) is 0 Å². The van der Waals surface area contributed by atoms with E-state index in [4.69, 9.17) is 10.00 Å². The quantitative estimate of drug-likeness (QED) is 0.530. The van der Waals surface area contributed by atoms with Crippen LogP contribution in [0.4, 0.5) is 0 Å². The van der Waals surface area contributed by atoms with Crippen molar-refractivity contribution >= 4 is 0 Å². The van der Waals surface area contributed by atoms with Gasteiger partial charge in [0, 0.05) is 0 Å². The van der Waals surface area contributed by atoms with Gasteiger partial charge in [0.15, 0.2) is 0 Å². The molecule has 0 amide bonds. The number of benzene rings is 1. The van der Waals surface area contributed by atoms with Gasteiger partial charge in [0.2, 0.25) is 0 Å². The van der Waals surface area contributed by atoms with Crippen molar-refractivity contribution in [2.45, 2.75) is 72.2 Å². The molecule has 0 aliphatic rings. The maximum atomic E-state index is 10.4. The van der Waals surface area contributed by atoms with Crippen molar-refractivity contribution in [2.24, 2.45) is 23.7 Å². The minimum Gasteiger partial charge on any atom is -0.392 e. The van der Waals surface area contributed by atoms with E-state index in [0.717, 1.165) is 24.8 Å². The molecule has 0 aliphatic carbocycles. The molecule has 0 spiro atoms. The Labute approximate surface area is 165 Å². The first-order valence-electron chi connectivity index (χ1n) is 10.2. The summed E-state index contributed by atoms with van der Waals surface area (Å²) in [4.78, 5) is 0. The van der Waals surface area contributed by atoms with Gasteiger partial charge in [-0.25, -0.2) is 0 Å². The van der Waals surface area contributed by atoms with Crippen molar-refractivity contribution in [3.05, 3.63) is 35.9 Å². The molecule has 0 radical (unpaired) electrons. The Bertz CT molecular complexity index is 542. The van der Waals surface area contributed by atoms with Crippen molar-refractivity contribution in [2.75, 3.05) is 6.61 Å². The molecule has 152 valence electrons. The van der Waals surface area contributed by atoms with Gasteiger partial charge in [-0.15, -0.1) is 0 Å². The first kappa shape index (κ1) is 23.6. The molecule has 6 atom stereocenters. The highest BCUT2D eigenvalue weighted by Crippen LogP contribution is 2.27. The van der Waals surface area contributed by atoms with E-state index in [1.807, 2.05) is 43.3 Å². The molecule has 4 nitrogen and oxygen atoms in total. The maximum absolute atomic E-state index is 10.4. The molecule has 0 saturated heterocycles. The van der Waals surface area contributed by atoms with Crippen LogP contribution in [-0.4, -0.2) is 29.0 Å². The van der Waals surface area contributed by atoms with Crippen LogP contribution in [0.3, 0.4) is 0 Å². The van der Waals surface area contributed by atoms with Gasteiger partial charge in [0.05, 0.1) is 37.9 Å². The number of aliphatic hydroxyl groups excluding tert-OH is 2. The molecule has 0 heterocycles. The number of nitrogens with zero attached hydrogens (tertiary/aromatic N) is 1. The molecule has 0 bridgehead atoms. The summed E-state index contributed by atoms with van der Waals surface area (Å²) in [5.41, 5.74) is 1.12. The van der Waals surface area contributed by atoms with Crippen LogP contribution >= 0.6 is 0 Å². The molecular weight excluding hydrogens is 338 g/mol. The average molecular weight is 376 g/mol. The molecule has 1 aromatic rings. The van der Waals surface area contributed by atoms with Gasteiger partial charge in [-0.2, -0.15) is 5.26 Å². The molecule has 2 N–H and O–H groups in total. The summed E-state index contributed by atoms with van der Waals surface area (Å²) in [7, 11) is 0. The Hall–Kier alpha value is -1.41. The molecule has 1 aromatic carbocycles. The standard InChI is InChI=1S/C23H37NO3/c1-17(13-19(3)22(25)10-11-24)12-18(2)14-20(4)23(26)16-27-15-21-8-6-5-7-9-21/h5-9,17-20,22-23,25-26H,10,12-16H2,1-4H3/t17-,18+,19-,20-,22-,23-/m0/s1. The predicted octanol–water partition coefficient (Wildman–Crippen LogP) is 4.55. The minimum atomic E-state index is -0.532. The van der Waals surface area contributed by atoms with E-state index in [0.29, 0.717) is 25.0 Å². The van der Waals surface area contributed by atoms with E-state index >= 15 is 0 Å². The Kier molecular flexibility index (Phi) is 11.3. The maximum Gasteiger partial charge on any atom is 0.0799 e. The lowest BCUT2D eigenvalue weighted by molar-refractivity contribution is -0.00357. The van der Waals surface area contributed by atoms with E-state index < -0.39 is 12.2 Å². The van der Waals surface area contributed by atoms with Crippen LogP contribution in [0.15, 0.2) is 30.3 Å². The van der Waals surface area contributed by atoms with Gasteiger partial charge in [-0.05, 0) is 48.5 Å². The number of nitriles is 1. The van der Waals surface area contributed by atoms with Gasteiger partial charge in [-0.3, -0.25) is 0 Å². The molecule has 4 heteroatoms. The zero-order valence-electron chi connectivity index (χ0n) is 17.3. The van der Waals surface area contributed by atoms with E-state index in [-0.39, 0.29) is 18.3 Å². The second-order valence-electron chi connectivity index (χ2n) is 8.37. The van der Waals surface area contributed by atoms with Gasteiger partial charge >= 0.3 is 0 Å². The van der Waals surface area contributed by atoms with Crippen molar-refractivity contribution in [1.29, 1.82) is 5.26 Å². The molecular formula is C23H37NO3. The van der Waals surface area contributed by atoms with Gasteiger partial charge in [0.1, 0.15) is 0 Å². The van der Waals surface area contributed by atoms with Crippen LogP contribution < -0.4 is 0 Å². The van der Waals surface area contributed by atoms with Crippen molar-refractivity contribution in [1.82, 2.24) is 0 Å². The lowest BCUT2D eigenvalue weighted by atomic mass is 9.83. The SMILES string of the molecule is C[C@H](C[C@H](C)C[C@H](C)[C@@H](O)CC#N)C[C@H](C)[C@@H](O)COCc1ccccc1. The smallest absolute Gasteiger partial charge is 0.0799 e. The van der Waals surface area contributed by atoms with E-state index in [1.165, 1.54) is 0 Å². The van der Waals surface area contributed by atoms with Crippen molar-refractivity contribution in [3.8, 4) is 6.07 Å². The summed E-state index contributed by atoms with van der Waals surface area (Å²) in [6, 6.07) is 12.0. The monoisotopic (exact) mass is 375 g/mol. The van der Waals surface area contributed by atoms with Gasteiger partial charge in [0.25, 0.3) is 0 Å². The molecule has 0 aromatic heterocycles. The zero-order chi connectivity index (χ0) is 20.2. The topological polar surface area (TPSA) is 73.5 Å². The Morgan fingerprint density at radius 3 is 2.00 bits per heavy atom. The fourth-order valence-electron chi connectivity index (χ4n) is 3.79. The molecule has 0 aliphatic heterocycles. The molecule has 0 unspecified atom stereocenters. The van der Waals surface area contributed by atoms with Crippen molar-refractivity contribution < 1.29 is 14.9 Å². The second kappa shape index (κ2) is 12.9. The highest BCUT2D eigenvalue weighted by atomic mass is 16.5. The first-order valence-corrected chi connectivity index (χ1v) is 10.2. The Balaban J connectivity index is 2.27. The van der Waals surface area contributed by atoms with E-state index in [2.05, 4.69) is 20.8 Å². The normalized spacial score (nSPS) is 18.1. The lowest BCUT2D eigenvalue weighted by Crippen LogP contribution is -2.26. The summed E-state index contributed by atoms with van der Waals surface area (Å²) in [6.07, 6.45) is 2.15. The number of ether oxygens (including phenoxy) is 1. The number of hydrogen-bond acceptors (Lipinski definition) is 4. The fourth-order valence-corrected chi connectivity index (χ4v) is 3.79. The van der Waals surface area contributed by atoms with Crippen LogP contribution in [0.1, 0.15) is 58.9 Å². The minimum absolute atomic E-state index is 0.140. The predicted molar refractivity (Wildman–Crippen MR) is 109 cm³/mol. The molecule has 0 saturated carbocycles. The van der Waals surface area contributed by atoms with Gasteiger partial charge < -0.3 is 14.9 Å². The summed E-state index contributed by atoms with van der Waals surface area (Å²) in [5, 5.41) is 29.0. The molecule has 27 heavy (non-hydrogen) atoms. The summed E-state index contributed by atoms with van der Waals surface area (Å²) in [6.45, 7) is 9.41. The fraction of sp³-hybridized carbons (Fsp3) is 0.696. The molecule has 1 rings (SSSR count). The highest BCUT2D eigenvalue weighted by Gasteiger charge is 2.21. The van der Waals surface area contributed by atoms with Crippen LogP contribution in [0.2, 0.25) is 0 Å². The van der Waals surface area contributed by atoms with Crippen LogP contribution in [0.25, 0.3) is 0 Å². The third-order valence-corrected chi connectivity index (χ3v) is 5.37. The van der Waals surface area contributed by atoms with E-state index in [9.17, 15) is 10.2 Å². The number of aliphatic hydroxyl groups is 2. The average Bonchev–Trinajstić information content (AvgIpc) is 2.62. The van der Waals surface area contributed by atoms with Crippen LogP contribution in [0, 0.1) is 35.0 Å². The Morgan fingerprint density at radius 2 is 1.44 bits per heavy atom. The molecule has 0 fully saturated rings. The summed E-state index contributed by atoms with van der Waals surface area (Å²) in [5.74, 6) is 1.31. The highest BCUT2D eigenvalue weighted by molar-refractivity contribution is 5.13. The lowest BCUT2D eigenvalue weighted by Gasteiger charge is -2.26. The van der Waals surface area contributed by atoms with E-state index in [1.54, 1.807) is 0 Å².